The lowest BCUT2D eigenvalue weighted by Gasteiger charge is -2.14. The number of Topliss-reactive ketones (excluding diaryl/α,β-unsaturated/α-hetero) is 1. The van der Waals surface area contributed by atoms with E-state index in [1.807, 2.05) is 37.3 Å². The molecule has 0 unspecified atom stereocenters. The average Bonchev–Trinajstić information content (AvgIpc) is 3.61. The second-order valence-corrected chi connectivity index (χ2v) is 10.0. The highest BCUT2D eigenvalue weighted by molar-refractivity contribution is 6.17. The molecule has 3 heterocycles. The summed E-state index contributed by atoms with van der Waals surface area (Å²) in [5, 5.41) is 11.0. The Bertz CT molecular complexity index is 1520. The third kappa shape index (κ3) is 5.03. The molecule has 3 aliphatic rings. The van der Waals surface area contributed by atoms with Gasteiger partial charge in [-0.05, 0) is 53.9 Å². The van der Waals surface area contributed by atoms with E-state index < -0.39 is 17.9 Å². The summed E-state index contributed by atoms with van der Waals surface area (Å²) in [5.74, 6) is 0.0638. The molecule has 1 N–H and O–H groups in total. The molecule has 1 fully saturated rings. The van der Waals surface area contributed by atoms with Gasteiger partial charge in [0.1, 0.15) is 5.69 Å². The fourth-order valence-corrected chi connectivity index (χ4v) is 5.26. The van der Waals surface area contributed by atoms with Gasteiger partial charge >= 0.3 is 12.2 Å². The topological polar surface area (TPSA) is 93.3 Å². The Morgan fingerprint density at radius 2 is 2.00 bits per heavy atom. The smallest absolute Gasteiger partial charge is 0.402 e. The maximum atomic E-state index is 13.4. The molecule has 2 aromatic heterocycles. The Hall–Kier alpha value is -4.08. The van der Waals surface area contributed by atoms with Crippen LogP contribution >= 0.6 is 0 Å². The number of halogens is 3. The zero-order valence-electron chi connectivity index (χ0n) is 21.2. The zero-order valence-corrected chi connectivity index (χ0v) is 21.2. The van der Waals surface area contributed by atoms with E-state index in [9.17, 15) is 18.0 Å². The number of rotatable bonds is 6. The van der Waals surface area contributed by atoms with Crippen LogP contribution in [0.3, 0.4) is 0 Å². The normalized spacial score (nSPS) is 22.6. The van der Waals surface area contributed by atoms with Crippen molar-refractivity contribution in [3.63, 3.8) is 0 Å². The molecule has 39 heavy (non-hydrogen) atoms. The fourth-order valence-electron chi connectivity index (χ4n) is 5.26. The van der Waals surface area contributed by atoms with E-state index in [1.165, 1.54) is 0 Å². The van der Waals surface area contributed by atoms with Crippen LogP contribution in [0.1, 0.15) is 60.8 Å². The van der Waals surface area contributed by atoms with Crippen LogP contribution in [0.15, 0.2) is 69.7 Å². The Labute approximate surface area is 223 Å². The van der Waals surface area contributed by atoms with Gasteiger partial charge in [0, 0.05) is 18.2 Å². The summed E-state index contributed by atoms with van der Waals surface area (Å²) in [6, 6.07) is 8.76. The molecule has 7 nitrogen and oxygen atoms in total. The van der Waals surface area contributed by atoms with Crippen molar-refractivity contribution in [2.24, 2.45) is 10.9 Å². The predicted octanol–water partition coefficient (Wildman–Crippen LogP) is 6.29. The molecular weight excluding hydrogens is 507 g/mol. The maximum Gasteiger partial charge on any atom is 0.417 e. The van der Waals surface area contributed by atoms with E-state index in [0.29, 0.717) is 11.3 Å². The minimum Gasteiger partial charge on any atom is -0.402 e. The van der Waals surface area contributed by atoms with Crippen LogP contribution in [0.25, 0.3) is 11.6 Å². The van der Waals surface area contributed by atoms with Crippen molar-refractivity contribution >= 4 is 17.5 Å². The second kappa shape index (κ2) is 9.91. The van der Waals surface area contributed by atoms with Crippen molar-refractivity contribution in [1.82, 2.24) is 15.2 Å². The number of pyridine rings is 1. The number of hydrogen-bond donors (Lipinski definition) is 1. The molecule has 1 saturated carbocycles. The van der Waals surface area contributed by atoms with Gasteiger partial charge in [0.05, 0.1) is 11.3 Å². The SMILES string of the molecule is CC[C@@H]1C[C@H]1c1cc(C(F)(F)F)cnc1-c1nnc(N[C@H]2N=C(C3=CCCC=C3)c3ccccc3CC2=O)o1. The standard InChI is InChI=1S/C29H26F3N5O2/c1-2-16-12-21(16)22-14-19(29(30,31)32)15-33-25(22)27-36-37-28(39-27)35-26-23(38)13-18-10-6-7-11-20(18)24(34-26)17-8-4-3-5-9-17/h4,6-11,14-16,21,26H,2-3,5,12-13H2,1H3,(H,35,37)/t16-,21-,26-/m1/s1. The lowest BCUT2D eigenvalue weighted by Crippen LogP contribution is -2.29. The highest BCUT2D eigenvalue weighted by Crippen LogP contribution is 2.52. The number of alkyl halides is 3. The fraction of sp³-hybridized carbons (Fsp3) is 0.345. The van der Waals surface area contributed by atoms with Crippen LogP contribution in [-0.2, 0) is 17.4 Å². The molecule has 200 valence electrons. The number of nitrogens with zero attached hydrogens (tertiary/aromatic N) is 4. The monoisotopic (exact) mass is 533 g/mol. The summed E-state index contributed by atoms with van der Waals surface area (Å²) >= 11 is 0. The van der Waals surface area contributed by atoms with Crippen molar-refractivity contribution < 1.29 is 22.4 Å². The number of ketones is 1. The first-order chi connectivity index (χ1) is 18.8. The van der Waals surface area contributed by atoms with Crippen LogP contribution in [0.5, 0.6) is 0 Å². The van der Waals surface area contributed by atoms with Crippen LogP contribution in [0, 0.1) is 5.92 Å². The predicted molar refractivity (Wildman–Crippen MR) is 139 cm³/mol. The largest absolute Gasteiger partial charge is 0.417 e. The maximum absolute atomic E-state index is 13.4. The molecule has 1 aromatic carbocycles. The molecule has 2 aliphatic carbocycles. The van der Waals surface area contributed by atoms with Gasteiger partial charge in [-0.2, -0.15) is 13.2 Å². The van der Waals surface area contributed by atoms with E-state index in [1.54, 1.807) is 0 Å². The van der Waals surface area contributed by atoms with E-state index in [4.69, 9.17) is 9.41 Å². The molecule has 3 atom stereocenters. The van der Waals surface area contributed by atoms with Crippen molar-refractivity contribution in [2.75, 3.05) is 5.32 Å². The minimum atomic E-state index is -4.51. The van der Waals surface area contributed by atoms with Crippen molar-refractivity contribution in [2.45, 2.75) is 57.3 Å². The third-order valence-corrected chi connectivity index (χ3v) is 7.45. The van der Waals surface area contributed by atoms with E-state index in [0.717, 1.165) is 54.6 Å². The molecule has 3 aromatic rings. The van der Waals surface area contributed by atoms with Gasteiger partial charge < -0.3 is 9.73 Å². The molecule has 10 heteroatoms. The number of carbonyl (C=O) groups is 1. The Balaban J connectivity index is 1.32. The minimum absolute atomic E-state index is 0.00513. The Morgan fingerprint density at radius 1 is 1.15 bits per heavy atom. The molecule has 0 bridgehead atoms. The number of benzene rings is 1. The first kappa shape index (κ1) is 25.2. The number of allylic oxidation sites excluding steroid dienone is 4. The molecule has 0 saturated heterocycles. The van der Waals surface area contributed by atoms with Gasteiger partial charge in [0.25, 0.3) is 5.89 Å². The summed E-state index contributed by atoms with van der Waals surface area (Å²) in [4.78, 5) is 22.1. The number of anilines is 1. The van der Waals surface area contributed by atoms with Crippen LogP contribution < -0.4 is 5.32 Å². The number of aliphatic imine (C=N–C) groups is 1. The van der Waals surface area contributed by atoms with Crippen LogP contribution in [-0.4, -0.2) is 32.8 Å². The average molecular weight is 534 g/mol. The molecule has 0 spiro atoms. The second-order valence-electron chi connectivity index (χ2n) is 10.0. The highest BCUT2D eigenvalue weighted by Gasteiger charge is 2.41. The van der Waals surface area contributed by atoms with Gasteiger partial charge in [0.2, 0.25) is 0 Å². The lowest BCUT2D eigenvalue weighted by atomic mass is 9.93. The summed E-state index contributed by atoms with van der Waals surface area (Å²) in [7, 11) is 0. The number of nitrogens with one attached hydrogen (secondary N) is 1. The van der Waals surface area contributed by atoms with Gasteiger partial charge in [-0.25, -0.2) is 0 Å². The van der Waals surface area contributed by atoms with Gasteiger partial charge in [-0.3, -0.25) is 14.8 Å². The molecular formula is C29H26F3N5O2. The number of fused-ring (bicyclic) bond motifs is 1. The van der Waals surface area contributed by atoms with Crippen LogP contribution in [0.2, 0.25) is 0 Å². The van der Waals surface area contributed by atoms with E-state index >= 15 is 0 Å². The quantitative estimate of drug-likeness (QED) is 0.400. The number of aromatic nitrogens is 3. The summed E-state index contributed by atoms with van der Waals surface area (Å²) in [6.45, 7) is 2.01. The first-order valence-electron chi connectivity index (χ1n) is 13.0. The molecule has 6 rings (SSSR count). The summed E-state index contributed by atoms with van der Waals surface area (Å²) < 4.78 is 46.0. The van der Waals surface area contributed by atoms with E-state index in [2.05, 4.69) is 32.7 Å². The van der Waals surface area contributed by atoms with Gasteiger partial charge in [0.15, 0.2) is 11.9 Å². The first-order valence-corrected chi connectivity index (χ1v) is 13.0. The van der Waals surface area contributed by atoms with Gasteiger partial charge in [-0.15, -0.1) is 5.10 Å². The Kier molecular flexibility index (Phi) is 6.40. The van der Waals surface area contributed by atoms with E-state index in [-0.39, 0.29) is 41.6 Å². The number of hydrogen-bond acceptors (Lipinski definition) is 7. The number of carbonyl (C=O) groups excluding carboxylic acids is 1. The molecule has 0 radical (unpaired) electrons. The van der Waals surface area contributed by atoms with Crippen molar-refractivity contribution in [3.05, 3.63) is 82.6 Å². The summed E-state index contributed by atoms with van der Waals surface area (Å²) in [6.07, 6.45) is 5.13. The Morgan fingerprint density at radius 3 is 2.74 bits per heavy atom. The molecule has 0 amide bonds. The zero-order chi connectivity index (χ0) is 27.1. The van der Waals surface area contributed by atoms with Crippen molar-refractivity contribution in [1.29, 1.82) is 0 Å². The van der Waals surface area contributed by atoms with Gasteiger partial charge in [-0.1, -0.05) is 60.9 Å². The lowest BCUT2D eigenvalue weighted by molar-refractivity contribution is -0.137. The third-order valence-electron chi connectivity index (χ3n) is 7.45. The highest BCUT2D eigenvalue weighted by atomic mass is 19.4. The van der Waals surface area contributed by atoms with Crippen molar-refractivity contribution in [3.8, 4) is 11.6 Å². The molecule has 1 aliphatic heterocycles. The summed E-state index contributed by atoms with van der Waals surface area (Å²) in [5.41, 5.74) is 3.29. The van der Waals surface area contributed by atoms with Crippen LogP contribution in [0.4, 0.5) is 19.2 Å².